The van der Waals surface area contributed by atoms with E-state index >= 15 is 0 Å². The molecule has 0 saturated carbocycles. The predicted octanol–water partition coefficient (Wildman–Crippen LogP) is 4.25. The maximum atomic E-state index is 5.45. The molecule has 0 radical (unpaired) electrons. The van der Waals surface area contributed by atoms with Crippen molar-refractivity contribution < 1.29 is 14.2 Å². The van der Waals surface area contributed by atoms with E-state index in [4.69, 9.17) is 19.3 Å². The molecule has 28 heavy (non-hydrogen) atoms. The maximum Gasteiger partial charge on any atom is 0.203 e. The Morgan fingerprint density at radius 3 is 2.07 bits per heavy atom. The Balaban J connectivity index is 1.87. The fourth-order valence-corrected chi connectivity index (χ4v) is 3.22. The molecule has 0 unspecified atom stereocenters. The Bertz CT molecular complexity index is 1120. The molecule has 4 aromatic rings. The predicted molar refractivity (Wildman–Crippen MR) is 109 cm³/mol. The Labute approximate surface area is 170 Å². The van der Waals surface area contributed by atoms with E-state index in [1.54, 1.807) is 25.8 Å². The van der Waals surface area contributed by atoms with Gasteiger partial charge in [-0.3, -0.25) is 0 Å². The second-order valence-electron chi connectivity index (χ2n) is 5.93. The van der Waals surface area contributed by atoms with Crippen LogP contribution in [-0.4, -0.2) is 41.1 Å². The number of fused-ring (bicyclic) bond motifs is 1. The van der Waals surface area contributed by atoms with E-state index in [2.05, 4.69) is 26.1 Å². The van der Waals surface area contributed by atoms with E-state index in [1.165, 1.54) is 0 Å². The highest BCUT2D eigenvalue weighted by atomic mass is 79.9. The van der Waals surface area contributed by atoms with Gasteiger partial charge in [-0.2, -0.15) is 9.61 Å². The van der Waals surface area contributed by atoms with Gasteiger partial charge in [0.25, 0.3) is 0 Å². The van der Waals surface area contributed by atoms with Gasteiger partial charge in [-0.15, -0.1) is 10.2 Å². The summed E-state index contributed by atoms with van der Waals surface area (Å²) < 4.78 is 19.0. The molecular weight excluding hydrogens is 424 g/mol. The molecule has 0 aliphatic carbocycles. The van der Waals surface area contributed by atoms with Gasteiger partial charge in [0.2, 0.25) is 5.75 Å². The molecule has 2 heterocycles. The van der Waals surface area contributed by atoms with Crippen molar-refractivity contribution in [3.05, 3.63) is 53.0 Å². The summed E-state index contributed by atoms with van der Waals surface area (Å²) in [5.41, 5.74) is 3.20. The molecule has 2 aromatic carbocycles. The summed E-state index contributed by atoms with van der Waals surface area (Å²) in [6.45, 7) is 0. The first-order chi connectivity index (χ1) is 13.6. The number of rotatable bonds is 5. The average Bonchev–Trinajstić information content (AvgIpc) is 3.16. The van der Waals surface area contributed by atoms with Gasteiger partial charge in [0.05, 0.1) is 27.0 Å². The van der Waals surface area contributed by atoms with Crippen molar-refractivity contribution in [3.63, 3.8) is 0 Å². The van der Waals surface area contributed by atoms with Crippen molar-refractivity contribution in [3.8, 4) is 39.9 Å². The first-order valence-electron chi connectivity index (χ1n) is 8.43. The van der Waals surface area contributed by atoms with Crippen LogP contribution < -0.4 is 14.2 Å². The minimum absolute atomic E-state index is 0.520. The highest BCUT2D eigenvalue weighted by Crippen LogP contribution is 2.40. The van der Waals surface area contributed by atoms with Crippen LogP contribution in [0.4, 0.5) is 0 Å². The third kappa shape index (κ3) is 3.16. The number of benzene rings is 2. The average molecular weight is 441 g/mol. The van der Waals surface area contributed by atoms with Crippen LogP contribution in [0.3, 0.4) is 0 Å². The number of halogens is 1. The molecule has 0 atom stereocenters. The Morgan fingerprint density at radius 1 is 0.786 bits per heavy atom. The molecule has 2 aromatic heterocycles. The molecule has 8 heteroatoms. The van der Waals surface area contributed by atoms with Crippen molar-refractivity contribution in [2.45, 2.75) is 0 Å². The van der Waals surface area contributed by atoms with Gasteiger partial charge in [0.1, 0.15) is 0 Å². The van der Waals surface area contributed by atoms with Crippen LogP contribution in [0.5, 0.6) is 17.2 Å². The number of methoxy groups -OCH3 is 3. The Morgan fingerprint density at radius 2 is 1.46 bits per heavy atom. The van der Waals surface area contributed by atoms with Crippen LogP contribution in [0.1, 0.15) is 0 Å². The highest BCUT2D eigenvalue weighted by molar-refractivity contribution is 9.10. The number of aromatic nitrogens is 4. The lowest BCUT2D eigenvalue weighted by Gasteiger charge is -2.13. The fraction of sp³-hybridized carbons (Fsp3) is 0.150. The summed E-state index contributed by atoms with van der Waals surface area (Å²) in [7, 11) is 4.72. The van der Waals surface area contributed by atoms with Crippen LogP contribution in [0, 0.1) is 0 Å². The van der Waals surface area contributed by atoms with Gasteiger partial charge in [-0.25, -0.2) is 0 Å². The van der Waals surface area contributed by atoms with Crippen LogP contribution in [0.2, 0.25) is 0 Å². The lowest BCUT2D eigenvalue weighted by atomic mass is 10.1. The van der Waals surface area contributed by atoms with Gasteiger partial charge in [-0.05, 0) is 36.4 Å². The van der Waals surface area contributed by atoms with Crippen LogP contribution in [0.15, 0.2) is 53.0 Å². The molecule has 0 spiro atoms. The first kappa shape index (κ1) is 18.2. The summed E-state index contributed by atoms with van der Waals surface area (Å²) in [4.78, 5) is 0. The number of nitrogens with zero attached hydrogens (tertiary/aromatic N) is 4. The summed E-state index contributed by atoms with van der Waals surface area (Å²) in [5, 5.41) is 13.3. The van der Waals surface area contributed by atoms with Crippen molar-refractivity contribution in [2.75, 3.05) is 21.3 Å². The minimum Gasteiger partial charge on any atom is -0.493 e. The minimum atomic E-state index is 0.520. The van der Waals surface area contributed by atoms with Crippen LogP contribution >= 0.6 is 15.9 Å². The first-order valence-corrected chi connectivity index (χ1v) is 9.22. The molecular formula is C20H17BrN4O3. The monoisotopic (exact) mass is 440 g/mol. The summed E-state index contributed by atoms with van der Waals surface area (Å²) >= 11 is 3.45. The molecule has 0 aliphatic rings. The van der Waals surface area contributed by atoms with Gasteiger partial charge in [-0.1, -0.05) is 28.1 Å². The number of hydrogen-bond donors (Lipinski definition) is 0. The highest BCUT2D eigenvalue weighted by Gasteiger charge is 2.18. The zero-order valence-electron chi connectivity index (χ0n) is 15.5. The number of ether oxygens (including phenoxy) is 3. The van der Waals surface area contributed by atoms with Gasteiger partial charge in [0, 0.05) is 15.6 Å². The SMILES string of the molecule is COc1cc(-c2nnc3ccc(-c4ccc(Br)cc4)nn23)cc(OC)c1OC. The van der Waals surface area contributed by atoms with E-state index in [9.17, 15) is 0 Å². The molecule has 0 saturated heterocycles. The molecule has 0 amide bonds. The number of hydrogen-bond acceptors (Lipinski definition) is 6. The van der Waals surface area contributed by atoms with Gasteiger partial charge < -0.3 is 14.2 Å². The summed E-state index contributed by atoms with van der Waals surface area (Å²) in [5.74, 6) is 2.18. The largest absolute Gasteiger partial charge is 0.493 e. The maximum absolute atomic E-state index is 5.45. The van der Waals surface area contributed by atoms with Crippen molar-refractivity contribution >= 4 is 21.6 Å². The smallest absolute Gasteiger partial charge is 0.203 e. The Kier molecular flexibility index (Phi) is 4.87. The second-order valence-corrected chi connectivity index (χ2v) is 6.85. The topological polar surface area (TPSA) is 70.8 Å². The standard InChI is InChI=1S/C20H17BrN4O3/c1-26-16-10-13(11-17(27-2)19(16)28-3)20-23-22-18-9-8-15(24-25(18)20)12-4-6-14(21)7-5-12/h4-11H,1-3H3. The van der Waals surface area contributed by atoms with Crippen molar-refractivity contribution in [1.82, 2.24) is 19.8 Å². The van der Waals surface area contributed by atoms with Crippen LogP contribution in [0.25, 0.3) is 28.3 Å². The summed E-state index contributed by atoms with van der Waals surface area (Å²) in [6, 6.07) is 15.4. The second kappa shape index (κ2) is 7.47. The molecule has 7 nitrogen and oxygen atoms in total. The quantitative estimate of drug-likeness (QED) is 0.461. The third-order valence-electron chi connectivity index (χ3n) is 4.33. The molecule has 0 bridgehead atoms. The zero-order chi connectivity index (χ0) is 19.7. The lowest BCUT2D eigenvalue weighted by molar-refractivity contribution is 0.324. The molecule has 0 N–H and O–H groups in total. The van der Waals surface area contributed by atoms with Crippen LogP contribution in [-0.2, 0) is 0 Å². The van der Waals surface area contributed by atoms with Gasteiger partial charge in [0.15, 0.2) is 23.0 Å². The van der Waals surface area contributed by atoms with E-state index in [0.717, 1.165) is 21.3 Å². The lowest BCUT2D eigenvalue weighted by Crippen LogP contribution is -1.99. The fourth-order valence-electron chi connectivity index (χ4n) is 2.95. The summed E-state index contributed by atoms with van der Waals surface area (Å²) in [6.07, 6.45) is 0. The van der Waals surface area contributed by atoms with Crippen molar-refractivity contribution in [1.29, 1.82) is 0 Å². The third-order valence-corrected chi connectivity index (χ3v) is 4.85. The normalized spacial score (nSPS) is 10.9. The van der Waals surface area contributed by atoms with E-state index in [0.29, 0.717) is 28.7 Å². The van der Waals surface area contributed by atoms with E-state index < -0.39 is 0 Å². The van der Waals surface area contributed by atoms with Gasteiger partial charge >= 0.3 is 0 Å². The zero-order valence-corrected chi connectivity index (χ0v) is 17.1. The molecule has 142 valence electrons. The molecule has 4 rings (SSSR count). The molecule has 0 aliphatic heterocycles. The van der Waals surface area contributed by atoms with Crippen molar-refractivity contribution in [2.24, 2.45) is 0 Å². The van der Waals surface area contributed by atoms with E-state index in [1.807, 2.05) is 48.5 Å². The Hall–Kier alpha value is -3.13. The molecule has 0 fully saturated rings. The van der Waals surface area contributed by atoms with E-state index in [-0.39, 0.29) is 0 Å².